The first-order chi connectivity index (χ1) is 9.96. The van der Waals surface area contributed by atoms with Crippen LogP contribution in [0.3, 0.4) is 0 Å². The summed E-state index contributed by atoms with van der Waals surface area (Å²) in [6.45, 7) is 7.91. The fourth-order valence-corrected chi connectivity index (χ4v) is 3.60. The first-order valence-corrected chi connectivity index (χ1v) is 8.82. The molecule has 2 heteroatoms. The predicted octanol–water partition coefficient (Wildman–Crippen LogP) is 5.47. The normalized spacial score (nSPS) is 23.8. The van der Waals surface area contributed by atoms with Crippen LogP contribution in [0.25, 0.3) is 0 Å². The highest BCUT2D eigenvalue weighted by Crippen LogP contribution is 2.33. The zero-order valence-corrected chi connectivity index (χ0v) is 14.5. The molecule has 1 aromatic rings. The van der Waals surface area contributed by atoms with Gasteiger partial charge in [0.25, 0.3) is 0 Å². The third-order valence-electron chi connectivity index (χ3n) is 4.65. The number of hydrogen-bond donors (Lipinski definition) is 1. The van der Waals surface area contributed by atoms with Gasteiger partial charge in [0.05, 0.1) is 0 Å². The van der Waals surface area contributed by atoms with Crippen LogP contribution < -0.4 is 5.32 Å². The lowest BCUT2D eigenvalue weighted by atomic mass is 9.82. The van der Waals surface area contributed by atoms with Gasteiger partial charge in [-0.2, -0.15) is 0 Å². The molecule has 1 aromatic carbocycles. The third kappa shape index (κ3) is 5.64. The van der Waals surface area contributed by atoms with Gasteiger partial charge in [-0.3, -0.25) is 0 Å². The predicted molar refractivity (Wildman–Crippen MR) is 93.0 cm³/mol. The van der Waals surface area contributed by atoms with Gasteiger partial charge in [0, 0.05) is 10.6 Å². The molecule has 118 valence electrons. The zero-order chi connectivity index (χ0) is 15.3. The molecule has 0 aliphatic heterocycles. The number of halogens is 1. The van der Waals surface area contributed by atoms with Gasteiger partial charge in [-0.05, 0) is 70.0 Å². The second-order valence-electron chi connectivity index (χ2n) is 7.58. The van der Waals surface area contributed by atoms with Crippen LogP contribution in [0.4, 0.5) is 0 Å². The van der Waals surface area contributed by atoms with Gasteiger partial charge in [0.1, 0.15) is 0 Å². The highest BCUT2D eigenvalue weighted by molar-refractivity contribution is 6.31. The molecule has 0 radical (unpaired) electrons. The van der Waals surface area contributed by atoms with Crippen molar-refractivity contribution in [3.63, 3.8) is 0 Å². The largest absolute Gasteiger partial charge is 0.312 e. The van der Waals surface area contributed by atoms with Crippen molar-refractivity contribution in [2.45, 2.75) is 64.8 Å². The van der Waals surface area contributed by atoms with E-state index in [1.54, 1.807) is 0 Å². The Balaban J connectivity index is 2.03. The van der Waals surface area contributed by atoms with Gasteiger partial charge >= 0.3 is 0 Å². The lowest BCUT2D eigenvalue weighted by Crippen LogP contribution is -2.41. The molecule has 1 saturated carbocycles. The summed E-state index contributed by atoms with van der Waals surface area (Å²) < 4.78 is 0. The molecule has 2 unspecified atom stereocenters. The number of rotatable bonds is 4. The molecular formula is C19H30ClN. The second-order valence-corrected chi connectivity index (χ2v) is 7.99. The van der Waals surface area contributed by atoms with Gasteiger partial charge < -0.3 is 5.32 Å². The molecule has 1 nitrogen and oxygen atoms in total. The molecule has 0 spiro atoms. The molecule has 1 aliphatic carbocycles. The molecule has 2 atom stereocenters. The van der Waals surface area contributed by atoms with Crippen molar-refractivity contribution in [3.05, 3.63) is 34.9 Å². The maximum Gasteiger partial charge on any atom is 0.0438 e. The maximum absolute atomic E-state index is 6.37. The van der Waals surface area contributed by atoms with Gasteiger partial charge in [0.15, 0.2) is 0 Å². The number of benzene rings is 1. The van der Waals surface area contributed by atoms with E-state index >= 15 is 0 Å². The van der Waals surface area contributed by atoms with E-state index in [1.807, 2.05) is 12.1 Å². The maximum atomic E-state index is 6.37. The minimum atomic E-state index is 0.210. The van der Waals surface area contributed by atoms with Crippen molar-refractivity contribution in [2.24, 2.45) is 11.8 Å². The lowest BCUT2D eigenvalue weighted by molar-refractivity contribution is 0.270. The van der Waals surface area contributed by atoms with E-state index in [0.29, 0.717) is 0 Å². The van der Waals surface area contributed by atoms with Crippen LogP contribution in [-0.4, -0.2) is 12.1 Å². The van der Waals surface area contributed by atoms with E-state index in [2.05, 4.69) is 38.2 Å². The summed E-state index contributed by atoms with van der Waals surface area (Å²) >= 11 is 6.37. The Kier molecular flexibility index (Phi) is 6.13. The Morgan fingerprint density at radius 1 is 1.05 bits per heavy atom. The van der Waals surface area contributed by atoms with Crippen LogP contribution in [0.5, 0.6) is 0 Å². The number of nitrogens with one attached hydrogen (secondary N) is 1. The standard InChI is InChI=1S/C19H30ClN/c1-19(2,3)21-14-17-11-6-4-5-9-15(17)13-16-10-7-8-12-18(16)20/h7-8,10,12,15,17,21H,4-6,9,11,13-14H2,1-3H3. The first-order valence-electron chi connectivity index (χ1n) is 8.44. The van der Waals surface area contributed by atoms with Crippen LogP contribution >= 0.6 is 11.6 Å². The molecule has 1 N–H and O–H groups in total. The first kappa shape index (κ1) is 16.8. The Morgan fingerprint density at radius 2 is 1.71 bits per heavy atom. The molecule has 0 bridgehead atoms. The second kappa shape index (κ2) is 7.65. The van der Waals surface area contributed by atoms with Crippen molar-refractivity contribution in [1.29, 1.82) is 0 Å². The van der Waals surface area contributed by atoms with Gasteiger partial charge in [-0.1, -0.05) is 49.1 Å². The van der Waals surface area contributed by atoms with Crippen molar-refractivity contribution >= 4 is 11.6 Å². The zero-order valence-electron chi connectivity index (χ0n) is 13.8. The molecule has 1 fully saturated rings. The summed E-state index contributed by atoms with van der Waals surface area (Å²) in [5.74, 6) is 1.55. The minimum absolute atomic E-state index is 0.210. The van der Waals surface area contributed by atoms with E-state index in [4.69, 9.17) is 11.6 Å². The van der Waals surface area contributed by atoms with Crippen molar-refractivity contribution < 1.29 is 0 Å². The van der Waals surface area contributed by atoms with Crippen LogP contribution in [0.2, 0.25) is 5.02 Å². The summed E-state index contributed by atoms with van der Waals surface area (Å²) in [6, 6.07) is 8.36. The molecule has 0 aromatic heterocycles. The van der Waals surface area contributed by atoms with Crippen LogP contribution in [-0.2, 0) is 6.42 Å². The van der Waals surface area contributed by atoms with Gasteiger partial charge in [-0.25, -0.2) is 0 Å². The van der Waals surface area contributed by atoms with Crippen molar-refractivity contribution in [2.75, 3.05) is 6.54 Å². The van der Waals surface area contributed by atoms with Crippen molar-refractivity contribution in [1.82, 2.24) is 5.32 Å². The SMILES string of the molecule is CC(C)(C)NCC1CCCCCC1Cc1ccccc1Cl. The summed E-state index contributed by atoms with van der Waals surface area (Å²) in [7, 11) is 0. The summed E-state index contributed by atoms with van der Waals surface area (Å²) in [6.07, 6.45) is 8.00. The fraction of sp³-hybridized carbons (Fsp3) is 0.684. The molecule has 21 heavy (non-hydrogen) atoms. The average molecular weight is 308 g/mol. The minimum Gasteiger partial charge on any atom is -0.312 e. The van der Waals surface area contributed by atoms with Crippen LogP contribution in [0.1, 0.15) is 58.4 Å². The van der Waals surface area contributed by atoms with E-state index in [-0.39, 0.29) is 5.54 Å². The average Bonchev–Trinajstić information content (AvgIpc) is 2.63. The van der Waals surface area contributed by atoms with Gasteiger partial charge in [-0.15, -0.1) is 0 Å². The Bertz CT molecular complexity index is 435. The van der Waals surface area contributed by atoms with Crippen LogP contribution in [0, 0.1) is 11.8 Å². The Hall–Kier alpha value is -0.530. The van der Waals surface area contributed by atoms with Crippen LogP contribution in [0.15, 0.2) is 24.3 Å². The van der Waals surface area contributed by atoms with E-state index in [1.165, 1.54) is 37.7 Å². The summed E-state index contributed by atoms with van der Waals surface area (Å²) in [5, 5.41) is 4.65. The highest BCUT2D eigenvalue weighted by atomic mass is 35.5. The smallest absolute Gasteiger partial charge is 0.0438 e. The molecule has 0 amide bonds. The van der Waals surface area contributed by atoms with E-state index in [0.717, 1.165) is 29.8 Å². The molecule has 2 rings (SSSR count). The van der Waals surface area contributed by atoms with Gasteiger partial charge in [0.2, 0.25) is 0 Å². The summed E-state index contributed by atoms with van der Waals surface area (Å²) in [5.41, 5.74) is 1.54. The third-order valence-corrected chi connectivity index (χ3v) is 5.02. The monoisotopic (exact) mass is 307 g/mol. The number of hydrogen-bond acceptors (Lipinski definition) is 1. The molecule has 1 aliphatic rings. The Labute approximate surface area is 135 Å². The summed E-state index contributed by atoms with van der Waals surface area (Å²) in [4.78, 5) is 0. The lowest BCUT2D eigenvalue weighted by Gasteiger charge is -2.30. The molecule has 0 heterocycles. The fourth-order valence-electron chi connectivity index (χ4n) is 3.38. The van der Waals surface area contributed by atoms with E-state index in [9.17, 15) is 0 Å². The Morgan fingerprint density at radius 3 is 2.38 bits per heavy atom. The molecular weight excluding hydrogens is 278 g/mol. The van der Waals surface area contributed by atoms with E-state index < -0.39 is 0 Å². The molecule has 0 saturated heterocycles. The quantitative estimate of drug-likeness (QED) is 0.728. The highest BCUT2D eigenvalue weighted by Gasteiger charge is 2.25. The topological polar surface area (TPSA) is 12.0 Å². The van der Waals surface area contributed by atoms with Crippen molar-refractivity contribution in [3.8, 4) is 0 Å².